The van der Waals surface area contributed by atoms with E-state index in [2.05, 4.69) is 11.8 Å². The van der Waals surface area contributed by atoms with Gasteiger partial charge in [-0.2, -0.15) is 0 Å². The summed E-state index contributed by atoms with van der Waals surface area (Å²) >= 11 is 0. The second kappa shape index (κ2) is 6.17. The molecule has 0 radical (unpaired) electrons. The number of methoxy groups -OCH3 is 1. The van der Waals surface area contributed by atoms with Crippen molar-refractivity contribution < 1.29 is 9.84 Å². The van der Waals surface area contributed by atoms with Gasteiger partial charge in [-0.15, -0.1) is 0 Å². The summed E-state index contributed by atoms with van der Waals surface area (Å²) in [7, 11) is 1.77. The molecule has 1 saturated carbocycles. The molecule has 2 fully saturated rings. The van der Waals surface area contributed by atoms with E-state index in [0.29, 0.717) is 18.0 Å². The Bertz CT molecular complexity index is 234. The van der Waals surface area contributed by atoms with Gasteiger partial charge in [-0.05, 0) is 39.2 Å². The highest BCUT2D eigenvalue weighted by atomic mass is 16.5. The monoisotopic (exact) mass is 241 g/mol. The predicted octanol–water partition coefficient (Wildman–Crippen LogP) is 2.04. The van der Waals surface area contributed by atoms with Crippen LogP contribution in [0.5, 0.6) is 0 Å². The maximum Gasteiger partial charge on any atom is 0.0615 e. The van der Waals surface area contributed by atoms with Crippen LogP contribution < -0.4 is 0 Å². The first-order valence-corrected chi connectivity index (χ1v) is 7.16. The highest BCUT2D eigenvalue weighted by Gasteiger charge is 2.38. The Morgan fingerprint density at radius 3 is 2.71 bits per heavy atom. The maximum absolute atomic E-state index is 10.2. The second-order valence-electron chi connectivity index (χ2n) is 5.77. The number of hydrogen-bond donors (Lipinski definition) is 1. The van der Waals surface area contributed by atoms with Crippen molar-refractivity contribution in [1.82, 2.24) is 4.90 Å². The van der Waals surface area contributed by atoms with Gasteiger partial charge in [0.1, 0.15) is 0 Å². The fourth-order valence-corrected chi connectivity index (χ4v) is 3.75. The number of hydrogen-bond acceptors (Lipinski definition) is 3. The summed E-state index contributed by atoms with van der Waals surface area (Å²) in [4.78, 5) is 2.57. The van der Waals surface area contributed by atoms with E-state index in [1.54, 1.807) is 7.11 Å². The van der Waals surface area contributed by atoms with Crippen LogP contribution in [0.2, 0.25) is 0 Å². The Morgan fingerprint density at radius 1 is 1.24 bits per heavy atom. The van der Waals surface area contributed by atoms with Crippen LogP contribution in [0.1, 0.15) is 45.4 Å². The standard InChI is InChI=1S/C14H27NO2/c1-11(10-17-2)15-9-5-7-13(15)12-6-3-4-8-14(12)16/h11-14,16H,3-10H2,1-2H3. The highest BCUT2D eigenvalue weighted by molar-refractivity contribution is 4.92. The molecule has 100 valence electrons. The quantitative estimate of drug-likeness (QED) is 0.817. The Balaban J connectivity index is 1.97. The third-order valence-electron chi connectivity index (χ3n) is 4.59. The number of nitrogens with zero attached hydrogens (tertiary/aromatic N) is 1. The molecule has 1 saturated heterocycles. The molecule has 1 aliphatic heterocycles. The fraction of sp³-hybridized carbons (Fsp3) is 1.00. The molecule has 2 rings (SSSR count). The van der Waals surface area contributed by atoms with E-state index in [1.165, 1.54) is 38.6 Å². The average Bonchev–Trinajstić information content (AvgIpc) is 2.79. The number of rotatable bonds is 4. The molecule has 3 nitrogen and oxygen atoms in total. The normalized spacial score (nSPS) is 37.2. The zero-order valence-electron chi connectivity index (χ0n) is 11.3. The van der Waals surface area contributed by atoms with Gasteiger partial charge in [0.15, 0.2) is 0 Å². The molecule has 0 aromatic carbocycles. The van der Waals surface area contributed by atoms with Gasteiger partial charge in [0.2, 0.25) is 0 Å². The van der Waals surface area contributed by atoms with Crippen molar-refractivity contribution in [2.45, 2.75) is 63.6 Å². The Hall–Kier alpha value is -0.120. The third-order valence-corrected chi connectivity index (χ3v) is 4.59. The van der Waals surface area contributed by atoms with Gasteiger partial charge in [0.25, 0.3) is 0 Å². The molecule has 2 aliphatic rings. The second-order valence-corrected chi connectivity index (χ2v) is 5.77. The summed E-state index contributed by atoms with van der Waals surface area (Å²) in [5.41, 5.74) is 0. The van der Waals surface area contributed by atoms with Gasteiger partial charge >= 0.3 is 0 Å². The molecule has 1 N–H and O–H groups in total. The molecule has 0 aromatic rings. The van der Waals surface area contributed by atoms with Crippen molar-refractivity contribution in [3.63, 3.8) is 0 Å². The Kier molecular flexibility index (Phi) is 4.83. The molecule has 1 heterocycles. The summed E-state index contributed by atoms with van der Waals surface area (Å²) in [5, 5.41) is 10.2. The lowest BCUT2D eigenvalue weighted by molar-refractivity contribution is 0.000658. The van der Waals surface area contributed by atoms with Crippen molar-refractivity contribution in [1.29, 1.82) is 0 Å². The molecular formula is C14H27NO2. The molecular weight excluding hydrogens is 214 g/mol. The molecule has 0 bridgehead atoms. The Labute approximate surface area is 105 Å². The smallest absolute Gasteiger partial charge is 0.0615 e. The molecule has 4 atom stereocenters. The van der Waals surface area contributed by atoms with E-state index in [1.807, 2.05) is 0 Å². The van der Waals surface area contributed by atoms with E-state index in [9.17, 15) is 5.11 Å². The van der Waals surface area contributed by atoms with Gasteiger partial charge in [-0.25, -0.2) is 0 Å². The first-order chi connectivity index (χ1) is 8.24. The van der Waals surface area contributed by atoms with Crippen LogP contribution >= 0.6 is 0 Å². The SMILES string of the molecule is COCC(C)N1CCCC1C1CCCCC1O. The zero-order valence-corrected chi connectivity index (χ0v) is 11.3. The molecule has 1 aliphatic carbocycles. The molecule has 3 heteroatoms. The van der Waals surface area contributed by atoms with Crippen molar-refractivity contribution in [2.75, 3.05) is 20.3 Å². The molecule has 0 spiro atoms. The summed E-state index contributed by atoms with van der Waals surface area (Å²) in [6, 6.07) is 1.08. The van der Waals surface area contributed by atoms with Crippen LogP contribution in [0.15, 0.2) is 0 Å². The van der Waals surface area contributed by atoms with Gasteiger partial charge in [0, 0.05) is 25.1 Å². The topological polar surface area (TPSA) is 32.7 Å². The first-order valence-electron chi connectivity index (χ1n) is 7.16. The summed E-state index contributed by atoms with van der Waals surface area (Å²) in [5.74, 6) is 0.505. The largest absolute Gasteiger partial charge is 0.393 e. The highest BCUT2D eigenvalue weighted by Crippen LogP contribution is 2.35. The van der Waals surface area contributed by atoms with E-state index in [0.717, 1.165) is 13.0 Å². The predicted molar refractivity (Wildman–Crippen MR) is 69.0 cm³/mol. The third kappa shape index (κ3) is 3.01. The van der Waals surface area contributed by atoms with Gasteiger partial charge in [-0.1, -0.05) is 12.8 Å². The van der Waals surface area contributed by atoms with Crippen molar-refractivity contribution in [3.8, 4) is 0 Å². The molecule has 4 unspecified atom stereocenters. The van der Waals surface area contributed by atoms with E-state index in [4.69, 9.17) is 4.74 Å². The van der Waals surface area contributed by atoms with Gasteiger partial charge in [-0.3, -0.25) is 4.90 Å². The van der Waals surface area contributed by atoms with E-state index < -0.39 is 0 Å². The lowest BCUT2D eigenvalue weighted by Crippen LogP contribution is -2.47. The molecule has 17 heavy (non-hydrogen) atoms. The minimum Gasteiger partial charge on any atom is -0.393 e. The Morgan fingerprint density at radius 2 is 2.00 bits per heavy atom. The summed E-state index contributed by atoms with van der Waals surface area (Å²) in [6.07, 6.45) is 7.19. The van der Waals surface area contributed by atoms with Crippen molar-refractivity contribution >= 4 is 0 Å². The fourth-order valence-electron chi connectivity index (χ4n) is 3.75. The average molecular weight is 241 g/mol. The first kappa shape index (κ1) is 13.3. The van der Waals surface area contributed by atoms with Crippen molar-refractivity contribution in [3.05, 3.63) is 0 Å². The van der Waals surface area contributed by atoms with Crippen molar-refractivity contribution in [2.24, 2.45) is 5.92 Å². The van der Waals surface area contributed by atoms with Gasteiger partial charge in [0.05, 0.1) is 12.7 Å². The minimum absolute atomic E-state index is 0.0657. The number of aliphatic hydroxyl groups is 1. The number of ether oxygens (including phenoxy) is 1. The van der Waals surface area contributed by atoms with E-state index >= 15 is 0 Å². The molecule has 0 aromatic heterocycles. The van der Waals surface area contributed by atoms with Crippen LogP contribution in [0.25, 0.3) is 0 Å². The summed E-state index contributed by atoms with van der Waals surface area (Å²) < 4.78 is 5.27. The number of likely N-dealkylation sites (tertiary alicyclic amines) is 1. The summed E-state index contributed by atoms with van der Waals surface area (Å²) in [6.45, 7) is 4.23. The lowest BCUT2D eigenvalue weighted by Gasteiger charge is -2.39. The minimum atomic E-state index is -0.0657. The maximum atomic E-state index is 10.2. The molecule has 0 amide bonds. The van der Waals surface area contributed by atoms with Crippen LogP contribution in [0.3, 0.4) is 0 Å². The van der Waals surface area contributed by atoms with E-state index in [-0.39, 0.29) is 6.10 Å². The van der Waals surface area contributed by atoms with Crippen LogP contribution in [0, 0.1) is 5.92 Å². The van der Waals surface area contributed by atoms with Crippen LogP contribution in [-0.2, 0) is 4.74 Å². The number of aliphatic hydroxyl groups excluding tert-OH is 1. The van der Waals surface area contributed by atoms with Crippen LogP contribution in [-0.4, -0.2) is 48.5 Å². The lowest BCUT2D eigenvalue weighted by atomic mass is 9.80. The van der Waals surface area contributed by atoms with Crippen LogP contribution in [0.4, 0.5) is 0 Å². The van der Waals surface area contributed by atoms with Gasteiger partial charge < -0.3 is 9.84 Å². The zero-order chi connectivity index (χ0) is 12.3.